The van der Waals surface area contributed by atoms with E-state index in [-0.39, 0.29) is 41.9 Å². The van der Waals surface area contributed by atoms with E-state index in [9.17, 15) is 41.3 Å². The van der Waals surface area contributed by atoms with Crippen LogP contribution in [-0.4, -0.2) is 60.2 Å². The lowest BCUT2D eigenvalue weighted by Crippen LogP contribution is -2.36. The summed E-state index contributed by atoms with van der Waals surface area (Å²) < 4.78 is 60.1. The summed E-state index contributed by atoms with van der Waals surface area (Å²) in [6, 6.07) is 6.88. The quantitative estimate of drug-likeness (QED) is 0.0809. The fourth-order valence-corrected chi connectivity index (χ4v) is 3.51. The molecule has 0 fully saturated rings. The molecule has 1 heterocycles. The molecule has 0 aliphatic rings. The molecular weight excluding hydrogens is 559 g/mol. The van der Waals surface area contributed by atoms with Gasteiger partial charge in [-0.05, 0) is 36.3 Å². The number of carboxylic acids is 1. The van der Waals surface area contributed by atoms with Gasteiger partial charge >= 0.3 is 12.1 Å². The summed E-state index contributed by atoms with van der Waals surface area (Å²) in [4.78, 5) is 48.2. The van der Waals surface area contributed by atoms with Crippen LogP contribution in [0.5, 0.6) is 0 Å². The Kier molecular flexibility index (Phi) is 11.2. The maximum Gasteiger partial charge on any atom is 0.490 e. The van der Waals surface area contributed by atoms with E-state index in [4.69, 9.17) is 26.2 Å². The zero-order valence-corrected chi connectivity index (χ0v) is 20.7. The SMILES string of the molecule is Cc1ccc(NS(=O)(=O)c2ccc([N+](=O)[O-])cc2)c(=O)n1CC(=O)NCCON=C(N)N.O=C(O)C(F)(F)F. The van der Waals surface area contributed by atoms with Crippen LogP contribution in [0.15, 0.2) is 51.2 Å². The molecule has 0 saturated heterocycles. The number of nitrogens with two attached hydrogens (primary N) is 2. The number of hydrogen-bond acceptors (Lipinski definition) is 9. The molecule has 39 heavy (non-hydrogen) atoms. The number of aliphatic carboxylic acids is 1. The van der Waals surface area contributed by atoms with Crippen molar-refractivity contribution < 1.29 is 46.0 Å². The molecule has 0 aliphatic heterocycles. The van der Waals surface area contributed by atoms with Crippen LogP contribution < -0.4 is 27.1 Å². The Hall–Kier alpha value is -4.88. The number of carboxylic acid groups (broad SMARTS) is 1. The van der Waals surface area contributed by atoms with E-state index in [0.29, 0.717) is 5.69 Å². The van der Waals surface area contributed by atoms with Gasteiger partial charge in [-0.1, -0.05) is 0 Å². The number of halogens is 3. The van der Waals surface area contributed by atoms with Gasteiger partial charge in [0, 0.05) is 17.8 Å². The van der Waals surface area contributed by atoms with Gasteiger partial charge in [0.15, 0.2) is 0 Å². The summed E-state index contributed by atoms with van der Waals surface area (Å²) in [6.45, 7) is 1.26. The minimum Gasteiger partial charge on any atom is -0.475 e. The Morgan fingerprint density at radius 2 is 1.74 bits per heavy atom. The predicted molar refractivity (Wildman–Crippen MR) is 128 cm³/mol. The molecule has 2 rings (SSSR count). The average molecular weight is 581 g/mol. The number of hydrogen-bond donors (Lipinski definition) is 5. The standard InChI is InChI=1S/C17H21N7O7S.C2HF3O2/c1-11-2-7-14(22-32(29,30)13-5-3-12(4-6-13)24(27)28)16(26)23(11)10-15(25)20-8-9-31-21-17(18)19;3-2(4,5)1(6)7/h2-7,22H,8-10H2,1H3,(H,20,25)(H4,18,19,21);(H,6,7). The molecule has 16 nitrogen and oxygen atoms in total. The van der Waals surface area contributed by atoms with E-state index in [1.807, 2.05) is 0 Å². The monoisotopic (exact) mass is 581 g/mol. The maximum atomic E-state index is 12.7. The number of carbonyl (C=O) groups excluding carboxylic acids is 1. The predicted octanol–water partition coefficient (Wildman–Crippen LogP) is -0.180. The van der Waals surface area contributed by atoms with Gasteiger partial charge in [0.1, 0.15) is 18.8 Å². The van der Waals surface area contributed by atoms with Crippen molar-refractivity contribution in [2.75, 3.05) is 17.9 Å². The van der Waals surface area contributed by atoms with Crippen molar-refractivity contribution in [3.05, 3.63) is 62.6 Å². The Bertz CT molecular complexity index is 1390. The second-order valence-electron chi connectivity index (χ2n) is 7.14. The maximum absolute atomic E-state index is 12.7. The normalized spacial score (nSPS) is 10.9. The van der Waals surface area contributed by atoms with Crippen molar-refractivity contribution in [3.63, 3.8) is 0 Å². The molecule has 1 amide bonds. The topological polar surface area (TPSA) is 251 Å². The molecule has 2 aromatic rings. The highest BCUT2D eigenvalue weighted by molar-refractivity contribution is 7.92. The van der Waals surface area contributed by atoms with Crippen LogP contribution in [0.1, 0.15) is 5.69 Å². The number of anilines is 1. The first-order valence-corrected chi connectivity index (χ1v) is 11.7. The number of pyridine rings is 1. The number of sulfonamides is 1. The molecule has 0 aliphatic carbocycles. The highest BCUT2D eigenvalue weighted by atomic mass is 32.2. The Labute approximate surface area is 217 Å². The van der Waals surface area contributed by atoms with Crippen LogP contribution in [0, 0.1) is 17.0 Å². The highest BCUT2D eigenvalue weighted by Gasteiger charge is 2.38. The van der Waals surface area contributed by atoms with Crippen molar-refractivity contribution in [2.45, 2.75) is 24.5 Å². The zero-order chi connectivity index (χ0) is 30.0. The minimum atomic E-state index is -5.08. The van der Waals surface area contributed by atoms with Crippen LogP contribution in [0.3, 0.4) is 0 Å². The van der Waals surface area contributed by atoms with Crippen LogP contribution >= 0.6 is 0 Å². The molecule has 0 unspecified atom stereocenters. The first kappa shape index (κ1) is 32.1. The van der Waals surface area contributed by atoms with Crippen molar-refractivity contribution in [1.82, 2.24) is 9.88 Å². The molecule has 0 atom stereocenters. The van der Waals surface area contributed by atoms with Gasteiger partial charge < -0.3 is 31.3 Å². The van der Waals surface area contributed by atoms with Gasteiger partial charge in [-0.15, -0.1) is 0 Å². The molecule has 1 aromatic carbocycles. The molecule has 0 bridgehead atoms. The lowest BCUT2D eigenvalue weighted by atomic mass is 10.3. The van der Waals surface area contributed by atoms with E-state index in [0.717, 1.165) is 28.8 Å². The van der Waals surface area contributed by atoms with Gasteiger partial charge in [-0.3, -0.25) is 24.4 Å². The Balaban J connectivity index is 0.000000956. The molecule has 0 radical (unpaired) electrons. The number of benzene rings is 1. The number of guanidine groups is 1. The number of oxime groups is 1. The summed E-state index contributed by atoms with van der Waals surface area (Å²) in [5.74, 6) is -3.56. The first-order chi connectivity index (χ1) is 18.0. The van der Waals surface area contributed by atoms with Crippen LogP contribution in [0.2, 0.25) is 0 Å². The zero-order valence-electron chi connectivity index (χ0n) is 19.8. The van der Waals surface area contributed by atoms with Crippen LogP contribution in [0.25, 0.3) is 0 Å². The number of amides is 1. The number of carbonyl (C=O) groups is 2. The second kappa shape index (κ2) is 13.6. The van der Waals surface area contributed by atoms with E-state index in [1.54, 1.807) is 6.92 Å². The van der Waals surface area contributed by atoms with Gasteiger partial charge in [0.2, 0.25) is 11.9 Å². The van der Waals surface area contributed by atoms with Crippen molar-refractivity contribution >= 4 is 39.2 Å². The Morgan fingerprint density at radius 1 is 1.18 bits per heavy atom. The van der Waals surface area contributed by atoms with Crippen LogP contribution in [-0.2, 0) is 31.0 Å². The number of nitro benzene ring substituents is 1. The minimum absolute atomic E-state index is 0.00734. The van der Waals surface area contributed by atoms with E-state index in [1.165, 1.54) is 12.1 Å². The fourth-order valence-electron chi connectivity index (χ4n) is 2.45. The number of nitrogens with zero attached hydrogens (tertiary/aromatic N) is 3. The highest BCUT2D eigenvalue weighted by Crippen LogP contribution is 2.18. The number of non-ortho nitro benzene ring substituents is 1. The third-order valence-electron chi connectivity index (χ3n) is 4.22. The van der Waals surface area contributed by atoms with E-state index in [2.05, 4.69) is 15.2 Å². The van der Waals surface area contributed by atoms with Crippen molar-refractivity contribution in [1.29, 1.82) is 0 Å². The number of nitro groups is 1. The fraction of sp³-hybridized carbons (Fsp3) is 0.263. The molecule has 20 heteroatoms. The number of aromatic nitrogens is 1. The number of rotatable bonds is 10. The number of aryl methyl sites for hydroxylation is 1. The average Bonchev–Trinajstić information content (AvgIpc) is 2.83. The first-order valence-electron chi connectivity index (χ1n) is 10.2. The second-order valence-corrected chi connectivity index (χ2v) is 8.82. The molecular formula is C19H22F3N7O9S. The van der Waals surface area contributed by atoms with E-state index >= 15 is 0 Å². The largest absolute Gasteiger partial charge is 0.490 e. The molecule has 7 N–H and O–H groups in total. The van der Waals surface area contributed by atoms with Gasteiger partial charge in [-0.2, -0.15) is 13.2 Å². The third-order valence-corrected chi connectivity index (χ3v) is 5.61. The summed E-state index contributed by atoms with van der Waals surface area (Å²) >= 11 is 0. The lowest BCUT2D eigenvalue weighted by molar-refractivity contribution is -0.384. The van der Waals surface area contributed by atoms with Gasteiger partial charge in [0.05, 0.1) is 16.4 Å². The van der Waals surface area contributed by atoms with E-state index < -0.39 is 38.6 Å². The Morgan fingerprint density at radius 3 is 2.23 bits per heavy atom. The lowest BCUT2D eigenvalue weighted by Gasteiger charge is -2.13. The van der Waals surface area contributed by atoms with Gasteiger partial charge in [-0.25, -0.2) is 13.2 Å². The van der Waals surface area contributed by atoms with Gasteiger partial charge in [0.25, 0.3) is 21.3 Å². The smallest absolute Gasteiger partial charge is 0.475 e. The number of alkyl halides is 3. The third kappa shape index (κ3) is 10.6. The van der Waals surface area contributed by atoms with Crippen molar-refractivity contribution in [2.24, 2.45) is 16.6 Å². The summed E-state index contributed by atoms with van der Waals surface area (Å²) in [7, 11) is -4.20. The molecule has 1 aromatic heterocycles. The summed E-state index contributed by atoms with van der Waals surface area (Å²) in [6.07, 6.45) is -5.08. The molecule has 0 saturated carbocycles. The number of nitrogens with one attached hydrogen (secondary N) is 2. The summed E-state index contributed by atoms with van der Waals surface area (Å²) in [5.41, 5.74) is 9.26. The van der Waals surface area contributed by atoms with Crippen LogP contribution in [0.4, 0.5) is 24.5 Å². The molecule has 214 valence electrons. The molecule has 0 spiro atoms. The van der Waals surface area contributed by atoms with Crippen molar-refractivity contribution in [3.8, 4) is 0 Å². The summed E-state index contributed by atoms with van der Waals surface area (Å²) in [5, 5.41) is 23.6.